The maximum Gasteiger partial charge on any atom is 0.0446 e. The largest absolute Gasteiger partial charge is 0.0835 e. The summed E-state index contributed by atoms with van der Waals surface area (Å²) in [6, 6.07) is 15.0. The third kappa shape index (κ3) is 3.24. The summed E-state index contributed by atoms with van der Waals surface area (Å²) in [5.74, 6) is 0. The molecular weight excluding hydrogens is 352 g/mol. The average Bonchev–Trinajstić information content (AvgIpc) is 2.34. The lowest BCUT2D eigenvalue weighted by atomic mass is 9.99. The number of hydrogen-bond donors (Lipinski definition) is 0. The van der Waals surface area contributed by atoms with Crippen LogP contribution in [0.4, 0.5) is 0 Å². The van der Waals surface area contributed by atoms with Crippen LogP contribution in [0.3, 0.4) is 0 Å². The van der Waals surface area contributed by atoms with Gasteiger partial charge in [-0.05, 0) is 43.0 Å². The Kier molecular flexibility index (Phi) is 4.63. The molecule has 0 aliphatic heterocycles. The number of rotatable bonds is 3. The van der Waals surface area contributed by atoms with Crippen molar-refractivity contribution in [1.82, 2.24) is 0 Å². The molecule has 0 N–H and O–H groups in total. The van der Waals surface area contributed by atoms with Gasteiger partial charge in [-0.15, -0.1) is 0 Å². The first kappa shape index (κ1) is 13.8. The predicted molar refractivity (Wildman–Crippen MR) is 85.4 cm³/mol. The molecule has 0 saturated carbocycles. The second-order valence-corrected chi connectivity index (χ2v) is 6.58. The van der Waals surface area contributed by atoms with E-state index in [1.807, 2.05) is 6.07 Å². The van der Waals surface area contributed by atoms with Crippen molar-refractivity contribution in [2.75, 3.05) is 0 Å². The highest BCUT2D eigenvalue weighted by Crippen LogP contribution is 2.33. The molecule has 0 spiro atoms. The first-order valence-corrected chi connectivity index (χ1v) is 7.73. The number of benzene rings is 2. The van der Waals surface area contributed by atoms with E-state index >= 15 is 0 Å². The molecule has 2 aromatic carbocycles. The van der Waals surface area contributed by atoms with Gasteiger partial charge in [0.1, 0.15) is 0 Å². The molecule has 0 radical (unpaired) electrons. The Morgan fingerprint density at radius 3 is 2.50 bits per heavy atom. The van der Waals surface area contributed by atoms with Gasteiger partial charge in [-0.1, -0.05) is 73.8 Å². The van der Waals surface area contributed by atoms with E-state index in [0.29, 0.717) is 4.83 Å². The Morgan fingerprint density at radius 1 is 1.06 bits per heavy atom. The highest BCUT2D eigenvalue weighted by Gasteiger charge is 2.12. The second-order valence-electron chi connectivity index (χ2n) is 4.62. The van der Waals surface area contributed by atoms with Crippen LogP contribution in [0.25, 0.3) is 0 Å². The smallest absolute Gasteiger partial charge is 0.0446 e. The quantitative estimate of drug-likeness (QED) is 0.606. The van der Waals surface area contributed by atoms with E-state index in [2.05, 4.69) is 82.1 Å². The van der Waals surface area contributed by atoms with Crippen LogP contribution in [0.15, 0.2) is 46.9 Å². The van der Waals surface area contributed by atoms with Crippen LogP contribution in [0.1, 0.15) is 27.1 Å². The number of halogens is 2. The number of hydrogen-bond acceptors (Lipinski definition) is 0. The maximum absolute atomic E-state index is 3.80. The van der Waals surface area contributed by atoms with Gasteiger partial charge in [-0.25, -0.2) is 0 Å². The molecule has 1 unspecified atom stereocenters. The lowest BCUT2D eigenvalue weighted by Gasteiger charge is -2.14. The van der Waals surface area contributed by atoms with E-state index in [4.69, 9.17) is 0 Å². The Bertz CT molecular complexity index is 547. The number of aryl methyl sites for hydroxylation is 2. The molecular formula is C16H16Br2. The van der Waals surface area contributed by atoms with Crippen molar-refractivity contribution in [2.45, 2.75) is 25.1 Å². The van der Waals surface area contributed by atoms with Crippen molar-refractivity contribution in [1.29, 1.82) is 0 Å². The summed E-state index contributed by atoms with van der Waals surface area (Å²) in [7, 11) is 0. The van der Waals surface area contributed by atoms with Crippen molar-refractivity contribution in [3.8, 4) is 0 Å². The van der Waals surface area contributed by atoms with E-state index < -0.39 is 0 Å². The van der Waals surface area contributed by atoms with Crippen LogP contribution in [0.5, 0.6) is 0 Å². The van der Waals surface area contributed by atoms with Crippen LogP contribution in [0.2, 0.25) is 0 Å². The van der Waals surface area contributed by atoms with Gasteiger partial charge in [0.05, 0.1) is 0 Å². The maximum atomic E-state index is 3.80. The topological polar surface area (TPSA) is 0 Å². The van der Waals surface area contributed by atoms with Gasteiger partial charge in [-0.2, -0.15) is 0 Å². The van der Waals surface area contributed by atoms with Crippen molar-refractivity contribution in [3.63, 3.8) is 0 Å². The molecule has 94 valence electrons. The summed E-state index contributed by atoms with van der Waals surface area (Å²) < 4.78 is 1.16. The van der Waals surface area contributed by atoms with Crippen molar-refractivity contribution in [2.24, 2.45) is 0 Å². The summed E-state index contributed by atoms with van der Waals surface area (Å²) in [5.41, 5.74) is 5.39. The minimum atomic E-state index is 0.341. The van der Waals surface area contributed by atoms with Crippen LogP contribution >= 0.6 is 31.9 Å². The lowest BCUT2D eigenvalue weighted by Crippen LogP contribution is -1.99. The van der Waals surface area contributed by atoms with Crippen molar-refractivity contribution < 1.29 is 0 Å². The van der Waals surface area contributed by atoms with Crippen LogP contribution < -0.4 is 0 Å². The minimum absolute atomic E-state index is 0.341. The van der Waals surface area contributed by atoms with Gasteiger partial charge < -0.3 is 0 Å². The summed E-state index contributed by atoms with van der Waals surface area (Å²) >= 11 is 7.42. The molecule has 0 bridgehead atoms. The fourth-order valence-electron chi connectivity index (χ4n) is 2.05. The molecule has 0 saturated heterocycles. The zero-order valence-electron chi connectivity index (χ0n) is 10.6. The molecule has 2 rings (SSSR count). The average molecular weight is 368 g/mol. The molecule has 0 heterocycles. The van der Waals surface area contributed by atoms with Gasteiger partial charge in [0.25, 0.3) is 0 Å². The van der Waals surface area contributed by atoms with Gasteiger partial charge in [0.2, 0.25) is 0 Å². The minimum Gasteiger partial charge on any atom is -0.0835 e. The first-order chi connectivity index (χ1) is 8.58. The molecule has 0 fully saturated rings. The predicted octanol–water partition coefficient (Wildman–Crippen LogP) is 5.74. The third-order valence-electron chi connectivity index (χ3n) is 3.15. The molecule has 2 aromatic rings. The van der Waals surface area contributed by atoms with Crippen LogP contribution in [-0.2, 0) is 6.42 Å². The fraction of sp³-hybridized carbons (Fsp3) is 0.250. The normalized spacial score (nSPS) is 12.4. The molecule has 2 heteroatoms. The zero-order chi connectivity index (χ0) is 13.1. The fourth-order valence-corrected chi connectivity index (χ4v) is 3.67. The summed E-state index contributed by atoms with van der Waals surface area (Å²) in [5, 5.41) is 0. The third-order valence-corrected chi connectivity index (χ3v) is 4.69. The van der Waals surface area contributed by atoms with Crippen molar-refractivity contribution >= 4 is 31.9 Å². The molecule has 0 aromatic heterocycles. The molecule has 1 atom stereocenters. The summed E-state index contributed by atoms with van der Waals surface area (Å²) in [6.45, 7) is 4.32. The Hall–Kier alpha value is -0.600. The monoisotopic (exact) mass is 366 g/mol. The van der Waals surface area contributed by atoms with Gasteiger partial charge in [-0.3, -0.25) is 0 Å². The Balaban J connectivity index is 2.24. The zero-order valence-corrected chi connectivity index (χ0v) is 13.8. The highest BCUT2D eigenvalue weighted by atomic mass is 79.9. The molecule has 0 aliphatic carbocycles. The van der Waals surface area contributed by atoms with E-state index in [1.165, 1.54) is 22.3 Å². The Labute approximate surface area is 126 Å². The van der Waals surface area contributed by atoms with E-state index in [9.17, 15) is 0 Å². The van der Waals surface area contributed by atoms with E-state index in [0.717, 1.165) is 10.9 Å². The Morgan fingerprint density at radius 2 is 1.78 bits per heavy atom. The van der Waals surface area contributed by atoms with Crippen molar-refractivity contribution in [3.05, 3.63) is 69.2 Å². The van der Waals surface area contributed by atoms with Crippen LogP contribution in [-0.4, -0.2) is 0 Å². The molecule has 0 aliphatic rings. The summed E-state index contributed by atoms with van der Waals surface area (Å²) in [6.07, 6.45) is 1.01. The van der Waals surface area contributed by atoms with Gasteiger partial charge in [0.15, 0.2) is 0 Å². The molecule has 0 amide bonds. The van der Waals surface area contributed by atoms with E-state index in [-0.39, 0.29) is 0 Å². The molecule has 18 heavy (non-hydrogen) atoms. The van der Waals surface area contributed by atoms with Crippen LogP contribution in [0, 0.1) is 13.8 Å². The van der Waals surface area contributed by atoms with Gasteiger partial charge >= 0.3 is 0 Å². The van der Waals surface area contributed by atoms with E-state index in [1.54, 1.807) is 0 Å². The molecule has 0 nitrogen and oxygen atoms in total. The van der Waals surface area contributed by atoms with Gasteiger partial charge in [0, 0.05) is 9.30 Å². The standard InChI is InChI=1S/C16H16Br2/c1-11-7-8-12(2)13(9-11)10-16(18)14-5-3-4-6-15(14)17/h3-9,16H,10H2,1-2H3. The summed E-state index contributed by atoms with van der Waals surface area (Å²) in [4.78, 5) is 0.341. The second kappa shape index (κ2) is 6.03. The first-order valence-electron chi connectivity index (χ1n) is 6.02. The SMILES string of the molecule is Cc1ccc(C)c(CC(Br)c2ccccc2Br)c1. The lowest BCUT2D eigenvalue weighted by molar-refractivity contribution is 0.931. The highest BCUT2D eigenvalue weighted by molar-refractivity contribution is 9.11. The number of alkyl halides is 1.